The molecule has 4 rings (SSSR count). The number of carbonyl (C=O) groups is 1. The van der Waals surface area contributed by atoms with Crippen LogP contribution in [0.15, 0.2) is 53.5 Å². The Morgan fingerprint density at radius 3 is 2.67 bits per heavy atom. The Bertz CT molecular complexity index is 896. The standard InChI is InChI=1S/C20H20ClN3O3/c21-20(11-18(25)26,17-12-22-9-10-23-17)19-13-5-1-3-7-15(13)27-16-8-4-2-6-14(16)24-19/h1-8,17,22-23H,9-12H2,(H,25,26). The van der Waals surface area contributed by atoms with Crippen molar-refractivity contribution >= 4 is 29.0 Å². The average Bonchev–Trinajstić information content (AvgIpc) is 2.85. The van der Waals surface area contributed by atoms with Gasteiger partial charge in [-0.3, -0.25) is 4.79 Å². The number of piperazine rings is 1. The minimum absolute atomic E-state index is 0.261. The lowest BCUT2D eigenvalue weighted by Crippen LogP contribution is -2.61. The zero-order chi connectivity index (χ0) is 18.9. The van der Waals surface area contributed by atoms with Gasteiger partial charge < -0.3 is 20.5 Å². The first-order chi connectivity index (χ1) is 13.1. The lowest BCUT2D eigenvalue weighted by Gasteiger charge is -2.38. The molecule has 2 atom stereocenters. The van der Waals surface area contributed by atoms with Crippen LogP contribution in [-0.4, -0.2) is 47.3 Å². The van der Waals surface area contributed by atoms with Crippen molar-refractivity contribution in [1.82, 2.24) is 10.6 Å². The summed E-state index contributed by atoms with van der Waals surface area (Å²) in [6, 6.07) is 14.6. The molecule has 2 aliphatic rings. The minimum Gasteiger partial charge on any atom is -0.481 e. The molecule has 0 radical (unpaired) electrons. The molecule has 0 aliphatic carbocycles. The largest absolute Gasteiger partial charge is 0.481 e. The molecule has 2 aromatic rings. The highest BCUT2D eigenvalue weighted by Gasteiger charge is 2.46. The van der Waals surface area contributed by atoms with Gasteiger partial charge in [0.2, 0.25) is 0 Å². The van der Waals surface area contributed by atoms with Gasteiger partial charge in [0.25, 0.3) is 0 Å². The summed E-state index contributed by atoms with van der Waals surface area (Å²) < 4.78 is 6.06. The Labute approximate surface area is 162 Å². The number of alkyl halides is 1. The second-order valence-electron chi connectivity index (χ2n) is 6.67. The first-order valence-electron chi connectivity index (χ1n) is 8.88. The van der Waals surface area contributed by atoms with Gasteiger partial charge in [0.1, 0.15) is 16.3 Å². The Morgan fingerprint density at radius 1 is 1.19 bits per heavy atom. The van der Waals surface area contributed by atoms with Gasteiger partial charge in [-0.15, -0.1) is 11.6 Å². The lowest BCUT2D eigenvalue weighted by atomic mass is 9.84. The number of nitrogens with one attached hydrogen (secondary N) is 2. The number of para-hydroxylation sites is 3. The summed E-state index contributed by atoms with van der Waals surface area (Å²) in [5.74, 6) is 0.250. The van der Waals surface area contributed by atoms with E-state index < -0.39 is 10.8 Å². The van der Waals surface area contributed by atoms with Crippen molar-refractivity contribution in [2.45, 2.75) is 17.3 Å². The van der Waals surface area contributed by atoms with Crippen molar-refractivity contribution in [3.05, 3.63) is 54.1 Å². The number of carboxylic acids is 1. The number of benzene rings is 2. The van der Waals surface area contributed by atoms with Gasteiger partial charge >= 0.3 is 5.97 Å². The molecule has 6 nitrogen and oxygen atoms in total. The monoisotopic (exact) mass is 385 g/mol. The summed E-state index contributed by atoms with van der Waals surface area (Å²) in [4.78, 5) is 15.3. The van der Waals surface area contributed by atoms with Crippen molar-refractivity contribution in [2.75, 3.05) is 19.6 Å². The molecule has 1 fully saturated rings. The van der Waals surface area contributed by atoms with Crippen molar-refractivity contribution in [3.8, 4) is 11.5 Å². The van der Waals surface area contributed by atoms with E-state index in [-0.39, 0.29) is 12.5 Å². The Morgan fingerprint density at radius 2 is 1.93 bits per heavy atom. The number of hydrogen-bond acceptors (Lipinski definition) is 5. The van der Waals surface area contributed by atoms with Gasteiger partial charge in [-0.05, 0) is 24.3 Å². The van der Waals surface area contributed by atoms with Crippen LogP contribution in [0.5, 0.6) is 11.5 Å². The molecule has 27 heavy (non-hydrogen) atoms. The molecule has 0 bridgehead atoms. The van der Waals surface area contributed by atoms with E-state index in [1.165, 1.54) is 0 Å². The maximum Gasteiger partial charge on any atom is 0.305 e. The van der Waals surface area contributed by atoms with Gasteiger partial charge in [-0.25, -0.2) is 4.99 Å². The van der Waals surface area contributed by atoms with Gasteiger partial charge in [0, 0.05) is 31.2 Å². The molecule has 3 N–H and O–H groups in total. The third-order valence-corrected chi connectivity index (χ3v) is 5.43. The summed E-state index contributed by atoms with van der Waals surface area (Å²) >= 11 is 7.09. The molecule has 7 heteroatoms. The maximum atomic E-state index is 11.7. The summed E-state index contributed by atoms with van der Waals surface area (Å²) in [7, 11) is 0. The number of halogens is 1. The molecule has 2 heterocycles. The average molecular weight is 386 g/mol. The molecular formula is C20H20ClN3O3. The number of aliphatic imine (C=N–C) groups is 1. The van der Waals surface area contributed by atoms with Crippen LogP contribution >= 0.6 is 11.6 Å². The molecule has 0 spiro atoms. The van der Waals surface area contributed by atoms with E-state index in [1.54, 1.807) is 0 Å². The van der Waals surface area contributed by atoms with E-state index >= 15 is 0 Å². The van der Waals surface area contributed by atoms with Gasteiger partial charge in [0.05, 0.1) is 12.1 Å². The van der Waals surface area contributed by atoms with Crippen molar-refractivity contribution in [2.24, 2.45) is 4.99 Å². The Hall–Kier alpha value is -2.41. The number of fused-ring (bicyclic) bond motifs is 2. The van der Waals surface area contributed by atoms with Gasteiger partial charge in [0.15, 0.2) is 5.75 Å². The first-order valence-corrected chi connectivity index (χ1v) is 9.26. The highest BCUT2D eigenvalue weighted by Crippen LogP contribution is 2.42. The van der Waals surface area contributed by atoms with Gasteiger partial charge in [-0.1, -0.05) is 24.3 Å². The number of nitrogens with zero attached hydrogens (tertiary/aromatic N) is 1. The fraction of sp³-hybridized carbons (Fsp3) is 0.300. The van der Waals surface area contributed by atoms with Crippen LogP contribution in [0, 0.1) is 0 Å². The summed E-state index contributed by atoms with van der Waals surface area (Å²) in [5, 5.41) is 16.2. The van der Waals surface area contributed by atoms with E-state index in [0.717, 1.165) is 6.54 Å². The number of carboxylic acid groups (broad SMARTS) is 1. The third kappa shape index (κ3) is 3.43. The predicted octanol–water partition coefficient (Wildman–Crippen LogP) is 2.93. The zero-order valence-electron chi connectivity index (χ0n) is 14.6. The van der Waals surface area contributed by atoms with Crippen molar-refractivity contribution < 1.29 is 14.6 Å². The van der Waals surface area contributed by atoms with E-state index in [0.29, 0.717) is 41.6 Å². The number of aliphatic carboxylic acids is 1. The smallest absolute Gasteiger partial charge is 0.305 e. The number of ether oxygens (including phenoxy) is 1. The first kappa shape index (κ1) is 18.0. The molecule has 1 saturated heterocycles. The molecule has 140 valence electrons. The molecule has 2 aromatic carbocycles. The highest BCUT2D eigenvalue weighted by atomic mass is 35.5. The topological polar surface area (TPSA) is 83.0 Å². The molecule has 2 unspecified atom stereocenters. The van der Waals surface area contributed by atoms with E-state index in [1.807, 2.05) is 48.5 Å². The normalized spacial score (nSPS) is 20.9. The Kier molecular flexibility index (Phi) is 4.86. The highest BCUT2D eigenvalue weighted by molar-refractivity contribution is 6.41. The van der Waals surface area contributed by atoms with Crippen molar-refractivity contribution in [1.29, 1.82) is 0 Å². The lowest BCUT2D eigenvalue weighted by molar-refractivity contribution is -0.137. The molecular weight excluding hydrogens is 366 g/mol. The molecule has 0 amide bonds. The van der Waals surface area contributed by atoms with Crippen LogP contribution in [0.2, 0.25) is 0 Å². The molecule has 2 aliphatic heterocycles. The van der Waals surface area contributed by atoms with Crippen LogP contribution in [0.4, 0.5) is 5.69 Å². The van der Waals surface area contributed by atoms with Crippen LogP contribution in [-0.2, 0) is 4.79 Å². The fourth-order valence-electron chi connectivity index (χ4n) is 3.57. The van der Waals surface area contributed by atoms with Crippen LogP contribution in [0.3, 0.4) is 0 Å². The quantitative estimate of drug-likeness (QED) is 0.705. The van der Waals surface area contributed by atoms with Crippen molar-refractivity contribution in [3.63, 3.8) is 0 Å². The SMILES string of the molecule is O=C(O)CC(Cl)(C1=Nc2ccccc2Oc2ccccc21)C1CNCCN1. The second-order valence-corrected chi connectivity index (χ2v) is 7.34. The number of hydrogen-bond donors (Lipinski definition) is 3. The zero-order valence-corrected chi connectivity index (χ0v) is 15.4. The second kappa shape index (κ2) is 7.31. The van der Waals surface area contributed by atoms with E-state index in [9.17, 15) is 9.90 Å². The van der Waals surface area contributed by atoms with E-state index in [2.05, 4.69) is 10.6 Å². The third-order valence-electron chi connectivity index (χ3n) is 4.86. The summed E-state index contributed by atoms with van der Waals surface area (Å²) in [6.07, 6.45) is -0.261. The summed E-state index contributed by atoms with van der Waals surface area (Å²) in [5.41, 5.74) is 1.84. The molecule has 0 saturated carbocycles. The Balaban J connectivity index is 1.91. The number of rotatable bonds is 4. The minimum atomic E-state index is -1.24. The maximum absolute atomic E-state index is 11.7. The predicted molar refractivity (Wildman–Crippen MR) is 105 cm³/mol. The van der Waals surface area contributed by atoms with E-state index in [4.69, 9.17) is 21.3 Å². The van der Waals surface area contributed by atoms with Gasteiger partial charge in [-0.2, -0.15) is 0 Å². The van der Waals surface area contributed by atoms with Crippen LogP contribution < -0.4 is 15.4 Å². The summed E-state index contributed by atoms with van der Waals surface area (Å²) in [6.45, 7) is 2.08. The van der Waals surface area contributed by atoms with Crippen LogP contribution in [0.25, 0.3) is 0 Å². The molecule has 0 aromatic heterocycles. The fourth-order valence-corrected chi connectivity index (χ4v) is 3.98. The van der Waals surface area contributed by atoms with Crippen LogP contribution in [0.1, 0.15) is 12.0 Å².